The summed E-state index contributed by atoms with van der Waals surface area (Å²) in [6.45, 7) is 0.658. The van der Waals surface area contributed by atoms with Gasteiger partial charge in [-0.1, -0.05) is 6.07 Å². The summed E-state index contributed by atoms with van der Waals surface area (Å²) in [6.07, 6.45) is 0. The van der Waals surface area contributed by atoms with E-state index in [1.165, 1.54) is 19.1 Å². The summed E-state index contributed by atoms with van der Waals surface area (Å²) >= 11 is 0. The molecule has 6 nitrogen and oxygen atoms in total. The normalized spacial score (nSPS) is 13.5. The van der Waals surface area contributed by atoms with Crippen LogP contribution in [-0.2, 0) is 9.53 Å². The topological polar surface area (TPSA) is 98.8 Å². The molecule has 0 heterocycles. The fraction of sp³-hybridized carbons (Fsp3) is 0.333. The third kappa shape index (κ3) is 3.41. The van der Waals surface area contributed by atoms with Crippen molar-refractivity contribution in [2.24, 2.45) is 5.73 Å². The molecule has 7 heteroatoms. The number of primary amides is 1. The molecule has 0 aliphatic rings. The van der Waals surface area contributed by atoms with Gasteiger partial charge >= 0.3 is 5.97 Å². The van der Waals surface area contributed by atoms with Crippen LogP contribution in [0.4, 0.5) is 4.39 Å². The lowest BCUT2D eigenvalue weighted by Gasteiger charge is -2.21. The minimum Gasteiger partial charge on any atom is -0.489 e. The summed E-state index contributed by atoms with van der Waals surface area (Å²) in [4.78, 5) is 22.3. The highest BCUT2D eigenvalue weighted by atomic mass is 19.1. The van der Waals surface area contributed by atoms with Gasteiger partial charge in [-0.2, -0.15) is 0 Å². The number of aliphatic hydroxyl groups is 1. The summed E-state index contributed by atoms with van der Waals surface area (Å²) in [5.41, 5.74) is 2.67. The molecule has 1 aromatic rings. The molecule has 0 spiro atoms. The number of carbonyl (C=O) groups is 2. The second-order valence-electron chi connectivity index (χ2n) is 4.03. The van der Waals surface area contributed by atoms with Crippen molar-refractivity contribution in [1.29, 1.82) is 0 Å². The van der Waals surface area contributed by atoms with Gasteiger partial charge in [0, 0.05) is 0 Å². The monoisotopic (exact) mass is 271 g/mol. The molecule has 0 aromatic heterocycles. The third-order valence-corrected chi connectivity index (χ3v) is 2.36. The second kappa shape index (κ2) is 5.66. The number of rotatable bonds is 5. The first kappa shape index (κ1) is 14.9. The largest absolute Gasteiger partial charge is 0.489 e. The minimum atomic E-state index is -1.92. The average Bonchev–Trinajstić information content (AvgIpc) is 2.34. The second-order valence-corrected chi connectivity index (χ2v) is 4.03. The molecule has 0 aliphatic carbocycles. The predicted molar refractivity (Wildman–Crippen MR) is 63.1 cm³/mol. The maximum Gasteiger partial charge on any atom is 0.341 e. The molecular formula is C12H14FNO5. The Bertz CT molecular complexity index is 501. The Hall–Kier alpha value is -2.15. The lowest BCUT2D eigenvalue weighted by molar-refractivity contribution is -0.163. The Balaban J connectivity index is 2.93. The maximum absolute atomic E-state index is 13.4. The van der Waals surface area contributed by atoms with Gasteiger partial charge in [-0.25, -0.2) is 9.18 Å². The number of hydrogen-bond acceptors (Lipinski definition) is 5. The van der Waals surface area contributed by atoms with Gasteiger partial charge in [-0.15, -0.1) is 0 Å². The molecule has 1 aromatic carbocycles. The van der Waals surface area contributed by atoms with Crippen LogP contribution in [-0.4, -0.2) is 36.3 Å². The van der Waals surface area contributed by atoms with Gasteiger partial charge in [0.2, 0.25) is 0 Å². The Morgan fingerprint density at radius 3 is 2.63 bits per heavy atom. The van der Waals surface area contributed by atoms with E-state index in [1.54, 1.807) is 0 Å². The standard InChI is InChI=1S/C12H14FNO5/c1-12(17,11(16)18-2)6-19-8-5-3-4-7(13)9(8)10(14)15/h3-5,17H,6H2,1-2H3,(H2,14,15). The zero-order valence-electron chi connectivity index (χ0n) is 10.5. The Morgan fingerprint density at radius 2 is 2.11 bits per heavy atom. The van der Waals surface area contributed by atoms with Gasteiger partial charge < -0.3 is 20.3 Å². The number of hydrogen-bond donors (Lipinski definition) is 2. The van der Waals surface area contributed by atoms with Crippen molar-refractivity contribution in [3.63, 3.8) is 0 Å². The van der Waals surface area contributed by atoms with Crippen molar-refractivity contribution in [3.05, 3.63) is 29.6 Å². The molecule has 0 bridgehead atoms. The number of ether oxygens (including phenoxy) is 2. The van der Waals surface area contributed by atoms with Gasteiger partial charge in [0.15, 0.2) is 5.60 Å². The Kier molecular flexibility index (Phi) is 4.44. The van der Waals surface area contributed by atoms with Crippen LogP contribution < -0.4 is 10.5 Å². The van der Waals surface area contributed by atoms with E-state index in [4.69, 9.17) is 10.5 Å². The molecule has 3 N–H and O–H groups in total. The van der Waals surface area contributed by atoms with Crippen LogP contribution in [0.5, 0.6) is 5.75 Å². The number of methoxy groups -OCH3 is 1. The summed E-state index contributed by atoms with van der Waals surface area (Å²) in [5.74, 6) is -2.92. The lowest BCUT2D eigenvalue weighted by Crippen LogP contribution is -2.42. The van der Waals surface area contributed by atoms with Crippen molar-refractivity contribution in [2.45, 2.75) is 12.5 Å². The summed E-state index contributed by atoms with van der Waals surface area (Å²) in [6, 6.07) is 3.66. The van der Waals surface area contributed by atoms with E-state index in [0.717, 1.165) is 13.2 Å². The first-order chi connectivity index (χ1) is 8.79. The summed E-state index contributed by atoms with van der Waals surface area (Å²) in [7, 11) is 1.10. The molecule has 19 heavy (non-hydrogen) atoms. The van der Waals surface area contributed by atoms with E-state index in [-0.39, 0.29) is 5.75 Å². The number of carbonyl (C=O) groups excluding carboxylic acids is 2. The smallest absolute Gasteiger partial charge is 0.341 e. The molecule has 1 rings (SSSR count). The quantitative estimate of drug-likeness (QED) is 0.747. The fourth-order valence-electron chi connectivity index (χ4n) is 1.36. The van der Waals surface area contributed by atoms with Crippen molar-refractivity contribution >= 4 is 11.9 Å². The highest BCUT2D eigenvalue weighted by molar-refractivity contribution is 5.95. The minimum absolute atomic E-state index is 0.156. The van der Waals surface area contributed by atoms with Crippen LogP contribution >= 0.6 is 0 Å². The fourth-order valence-corrected chi connectivity index (χ4v) is 1.36. The molecule has 0 saturated carbocycles. The van der Waals surface area contributed by atoms with Crippen LogP contribution in [0.1, 0.15) is 17.3 Å². The van der Waals surface area contributed by atoms with Crippen LogP contribution in [0, 0.1) is 5.82 Å². The number of amides is 1. The molecule has 104 valence electrons. The Morgan fingerprint density at radius 1 is 1.47 bits per heavy atom. The number of halogens is 1. The number of benzene rings is 1. The maximum atomic E-state index is 13.4. The first-order valence-corrected chi connectivity index (χ1v) is 5.31. The van der Waals surface area contributed by atoms with Crippen molar-refractivity contribution in [2.75, 3.05) is 13.7 Å². The zero-order valence-corrected chi connectivity index (χ0v) is 10.5. The van der Waals surface area contributed by atoms with Gasteiger partial charge in [-0.3, -0.25) is 4.79 Å². The highest BCUT2D eigenvalue weighted by Crippen LogP contribution is 2.22. The van der Waals surface area contributed by atoms with Crippen LogP contribution in [0.15, 0.2) is 18.2 Å². The molecular weight excluding hydrogens is 257 g/mol. The average molecular weight is 271 g/mol. The van der Waals surface area contributed by atoms with E-state index >= 15 is 0 Å². The van der Waals surface area contributed by atoms with Crippen molar-refractivity contribution in [3.8, 4) is 5.75 Å². The predicted octanol–water partition coefficient (Wildman–Crippen LogP) is 0.227. The molecule has 0 fully saturated rings. The van der Waals surface area contributed by atoms with Crippen molar-refractivity contribution in [1.82, 2.24) is 0 Å². The van der Waals surface area contributed by atoms with Crippen LogP contribution in [0.25, 0.3) is 0 Å². The van der Waals surface area contributed by atoms with E-state index in [1.807, 2.05) is 0 Å². The molecule has 0 aliphatic heterocycles. The Labute approximate surface area is 108 Å². The van der Waals surface area contributed by atoms with Crippen LogP contribution in [0.2, 0.25) is 0 Å². The third-order valence-electron chi connectivity index (χ3n) is 2.36. The van der Waals surface area contributed by atoms with E-state index in [0.29, 0.717) is 0 Å². The number of nitrogens with two attached hydrogens (primary N) is 1. The van der Waals surface area contributed by atoms with Gasteiger partial charge in [0.25, 0.3) is 5.91 Å². The zero-order chi connectivity index (χ0) is 14.6. The summed E-state index contributed by atoms with van der Waals surface area (Å²) in [5, 5.41) is 9.73. The summed E-state index contributed by atoms with van der Waals surface area (Å²) < 4.78 is 22.9. The van der Waals surface area contributed by atoms with E-state index in [2.05, 4.69) is 4.74 Å². The first-order valence-electron chi connectivity index (χ1n) is 5.31. The van der Waals surface area contributed by atoms with Gasteiger partial charge in [-0.05, 0) is 19.1 Å². The molecule has 0 saturated heterocycles. The lowest BCUT2D eigenvalue weighted by atomic mass is 10.1. The molecule has 1 amide bonds. The van der Waals surface area contributed by atoms with Crippen LogP contribution in [0.3, 0.4) is 0 Å². The van der Waals surface area contributed by atoms with Gasteiger partial charge in [0.1, 0.15) is 23.7 Å². The SMILES string of the molecule is COC(=O)C(C)(O)COc1cccc(F)c1C(N)=O. The van der Waals surface area contributed by atoms with Gasteiger partial charge in [0.05, 0.1) is 7.11 Å². The molecule has 0 radical (unpaired) electrons. The molecule has 1 atom stereocenters. The highest BCUT2D eigenvalue weighted by Gasteiger charge is 2.33. The van der Waals surface area contributed by atoms with E-state index < -0.39 is 35.5 Å². The molecule has 1 unspecified atom stereocenters. The van der Waals surface area contributed by atoms with Crippen molar-refractivity contribution < 1.29 is 28.6 Å². The number of esters is 1. The van der Waals surface area contributed by atoms with E-state index in [9.17, 15) is 19.1 Å².